The van der Waals surface area contributed by atoms with Gasteiger partial charge < -0.3 is 10.4 Å². The number of rotatable bonds is 5. The number of thioether (sulfide) groups is 1. The molecule has 142 valence electrons. The SMILES string of the molecule is O=C(Nc1csc(-c2ccc(Cl)cc2)c1C(=O)O)c1ccc(C2CC=CS2)s1. The van der Waals surface area contributed by atoms with Gasteiger partial charge in [-0.1, -0.05) is 29.8 Å². The highest BCUT2D eigenvalue weighted by Gasteiger charge is 2.23. The summed E-state index contributed by atoms with van der Waals surface area (Å²) in [7, 11) is 0. The molecule has 4 rings (SSSR count). The van der Waals surface area contributed by atoms with Crippen molar-refractivity contribution in [2.45, 2.75) is 11.7 Å². The molecule has 1 aromatic carbocycles. The second-order valence-electron chi connectivity index (χ2n) is 6.05. The maximum atomic E-state index is 12.7. The van der Waals surface area contributed by atoms with Gasteiger partial charge in [-0.15, -0.1) is 34.4 Å². The van der Waals surface area contributed by atoms with Crippen molar-refractivity contribution in [3.8, 4) is 10.4 Å². The van der Waals surface area contributed by atoms with Crippen LogP contribution in [-0.2, 0) is 0 Å². The number of hydrogen-bond donors (Lipinski definition) is 2. The number of carboxylic acid groups (broad SMARTS) is 1. The topological polar surface area (TPSA) is 66.4 Å². The average Bonchev–Trinajstić information content (AvgIpc) is 3.42. The molecule has 1 unspecified atom stereocenters. The molecule has 0 radical (unpaired) electrons. The summed E-state index contributed by atoms with van der Waals surface area (Å²) < 4.78 is 0. The second-order valence-corrected chi connectivity index (χ2v) is 9.60. The molecule has 1 atom stereocenters. The fourth-order valence-electron chi connectivity index (χ4n) is 2.88. The summed E-state index contributed by atoms with van der Waals surface area (Å²) in [6.07, 6.45) is 3.09. The second kappa shape index (κ2) is 8.13. The van der Waals surface area contributed by atoms with Crippen LogP contribution in [0.5, 0.6) is 0 Å². The molecule has 0 saturated carbocycles. The van der Waals surface area contributed by atoms with E-state index in [-0.39, 0.29) is 11.5 Å². The zero-order valence-electron chi connectivity index (χ0n) is 14.3. The summed E-state index contributed by atoms with van der Waals surface area (Å²) in [6.45, 7) is 0. The number of hydrogen-bond acceptors (Lipinski definition) is 5. The first-order valence-corrected chi connectivity index (χ1v) is 11.4. The highest BCUT2D eigenvalue weighted by atomic mass is 35.5. The lowest BCUT2D eigenvalue weighted by atomic mass is 10.1. The summed E-state index contributed by atoms with van der Waals surface area (Å²) in [5, 5.41) is 17.1. The van der Waals surface area contributed by atoms with Crippen molar-refractivity contribution in [3.05, 3.63) is 73.6 Å². The van der Waals surface area contributed by atoms with Crippen LogP contribution in [0.2, 0.25) is 5.02 Å². The Morgan fingerprint density at radius 1 is 1.14 bits per heavy atom. The minimum Gasteiger partial charge on any atom is -0.478 e. The lowest BCUT2D eigenvalue weighted by Crippen LogP contribution is -2.12. The molecule has 0 bridgehead atoms. The summed E-state index contributed by atoms with van der Waals surface area (Å²) in [6, 6.07) is 10.7. The van der Waals surface area contributed by atoms with E-state index in [1.54, 1.807) is 47.5 Å². The van der Waals surface area contributed by atoms with E-state index in [1.165, 1.54) is 22.7 Å². The molecular formula is C20H14ClNO3S3. The van der Waals surface area contributed by atoms with Gasteiger partial charge in [0.05, 0.1) is 15.4 Å². The molecule has 1 aliphatic rings. The Balaban J connectivity index is 1.58. The molecule has 0 fully saturated rings. The van der Waals surface area contributed by atoms with Gasteiger partial charge in [-0.2, -0.15) is 0 Å². The van der Waals surface area contributed by atoms with Crippen LogP contribution >= 0.6 is 46.0 Å². The van der Waals surface area contributed by atoms with Crippen LogP contribution in [0, 0.1) is 0 Å². The van der Waals surface area contributed by atoms with Crippen LogP contribution in [0.15, 0.2) is 53.3 Å². The van der Waals surface area contributed by atoms with Gasteiger partial charge in [-0.05, 0) is 41.7 Å². The Morgan fingerprint density at radius 3 is 2.61 bits per heavy atom. The summed E-state index contributed by atoms with van der Waals surface area (Å²) in [4.78, 5) is 26.8. The number of carboxylic acids is 1. The van der Waals surface area contributed by atoms with Crippen molar-refractivity contribution in [1.82, 2.24) is 0 Å². The van der Waals surface area contributed by atoms with E-state index in [1.807, 2.05) is 6.07 Å². The van der Waals surface area contributed by atoms with E-state index in [0.29, 0.717) is 25.7 Å². The lowest BCUT2D eigenvalue weighted by molar-refractivity contribution is 0.0699. The molecule has 0 spiro atoms. The third-order valence-corrected chi connectivity index (χ3v) is 7.97. The first-order valence-electron chi connectivity index (χ1n) is 8.35. The molecule has 3 aromatic rings. The molecule has 0 aliphatic carbocycles. The van der Waals surface area contributed by atoms with Crippen LogP contribution in [0.3, 0.4) is 0 Å². The molecule has 8 heteroatoms. The van der Waals surface area contributed by atoms with Crippen LogP contribution in [0.4, 0.5) is 5.69 Å². The standard InChI is InChI=1S/C20H14ClNO3S3/c21-12-5-3-11(4-6-12)18-17(20(24)25)13(10-27-18)22-19(23)16-8-7-15(28-16)14-2-1-9-26-14/h1,3-10,14H,2H2,(H,22,23)(H,24,25). The molecule has 0 saturated heterocycles. The molecule has 2 aromatic heterocycles. The van der Waals surface area contributed by atoms with E-state index in [2.05, 4.69) is 16.8 Å². The lowest BCUT2D eigenvalue weighted by Gasteiger charge is -2.06. The Bertz CT molecular complexity index is 1060. The van der Waals surface area contributed by atoms with Crippen molar-refractivity contribution in [1.29, 1.82) is 0 Å². The van der Waals surface area contributed by atoms with Gasteiger partial charge in [-0.3, -0.25) is 4.79 Å². The quantitative estimate of drug-likeness (QED) is 0.452. The number of aromatic carboxylic acids is 1. The minimum atomic E-state index is -1.08. The van der Waals surface area contributed by atoms with Crippen molar-refractivity contribution in [3.63, 3.8) is 0 Å². The zero-order chi connectivity index (χ0) is 19.7. The van der Waals surface area contributed by atoms with Crippen LogP contribution in [-0.4, -0.2) is 17.0 Å². The van der Waals surface area contributed by atoms with Gasteiger partial charge in [0, 0.05) is 20.5 Å². The Hall–Kier alpha value is -2.06. The highest BCUT2D eigenvalue weighted by Crippen LogP contribution is 2.42. The predicted molar refractivity (Wildman–Crippen MR) is 118 cm³/mol. The van der Waals surface area contributed by atoms with Gasteiger partial charge in [0.1, 0.15) is 5.56 Å². The van der Waals surface area contributed by atoms with E-state index >= 15 is 0 Å². The summed E-state index contributed by atoms with van der Waals surface area (Å²) in [5.41, 5.74) is 1.14. The molecule has 3 heterocycles. The number of carbonyl (C=O) groups excluding carboxylic acids is 1. The van der Waals surface area contributed by atoms with E-state index in [0.717, 1.165) is 16.9 Å². The van der Waals surface area contributed by atoms with E-state index < -0.39 is 5.97 Å². The maximum absolute atomic E-state index is 12.7. The molecule has 28 heavy (non-hydrogen) atoms. The van der Waals surface area contributed by atoms with Gasteiger partial charge in [-0.25, -0.2) is 4.79 Å². The van der Waals surface area contributed by atoms with Crippen molar-refractivity contribution in [2.75, 3.05) is 5.32 Å². The molecule has 1 amide bonds. The fraction of sp³-hybridized carbons (Fsp3) is 0.100. The highest BCUT2D eigenvalue weighted by molar-refractivity contribution is 8.02. The number of benzene rings is 1. The van der Waals surface area contributed by atoms with E-state index in [9.17, 15) is 14.7 Å². The normalized spacial score (nSPS) is 15.7. The van der Waals surface area contributed by atoms with Gasteiger partial charge in [0.25, 0.3) is 5.91 Å². The summed E-state index contributed by atoms with van der Waals surface area (Å²) >= 11 is 10.4. The van der Waals surface area contributed by atoms with Crippen molar-refractivity contribution < 1.29 is 14.7 Å². The van der Waals surface area contributed by atoms with Crippen LogP contribution in [0.1, 0.15) is 36.6 Å². The van der Waals surface area contributed by atoms with E-state index in [4.69, 9.17) is 11.6 Å². The first-order chi connectivity index (χ1) is 13.5. The molecule has 4 nitrogen and oxygen atoms in total. The number of carbonyl (C=O) groups is 2. The monoisotopic (exact) mass is 447 g/mol. The smallest absolute Gasteiger partial charge is 0.339 e. The van der Waals surface area contributed by atoms with Crippen molar-refractivity contribution >= 4 is 63.6 Å². The number of thiophene rings is 2. The number of nitrogens with one attached hydrogen (secondary N) is 1. The summed E-state index contributed by atoms with van der Waals surface area (Å²) in [5.74, 6) is -1.38. The third-order valence-electron chi connectivity index (χ3n) is 4.22. The number of halogens is 1. The van der Waals surface area contributed by atoms with Crippen molar-refractivity contribution in [2.24, 2.45) is 0 Å². The largest absolute Gasteiger partial charge is 0.478 e. The Labute approximate surface area is 178 Å². The Kier molecular flexibility index (Phi) is 5.59. The number of amides is 1. The van der Waals surface area contributed by atoms with Crippen LogP contribution in [0.25, 0.3) is 10.4 Å². The average molecular weight is 448 g/mol. The van der Waals surface area contributed by atoms with Crippen LogP contribution < -0.4 is 5.32 Å². The van der Waals surface area contributed by atoms with Gasteiger partial charge in [0.2, 0.25) is 0 Å². The zero-order valence-corrected chi connectivity index (χ0v) is 17.6. The minimum absolute atomic E-state index is 0.0907. The number of anilines is 1. The third kappa shape index (κ3) is 3.89. The number of allylic oxidation sites excluding steroid dienone is 1. The first kappa shape index (κ1) is 19.3. The molecular weight excluding hydrogens is 434 g/mol. The molecule has 2 N–H and O–H groups in total. The molecule has 1 aliphatic heterocycles. The van der Waals surface area contributed by atoms with Gasteiger partial charge in [0.15, 0.2) is 0 Å². The Morgan fingerprint density at radius 2 is 1.93 bits per heavy atom. The fourth-order valence-corrected chi connectivity index (χ4v) is 6.06. The predicted octanol–water partition coefficient (Wildman–Crippen LogP) is 6.77. The van der Waals surface area contributed by atoms with Gasteiger partial charge >= 0.3 is 5.97 Å². The maximum Gasteiger partial charge on any atom is 0.339 e.